The lowest BCUT2D eigenvalue weighted by Crippen LogP contribution is -2.36. The summed E-state index contributed by atoms with van der Waals surface area (Å²) in [7, 11) is 0. The molecule has 1 saturated carbocycles. The topological polar surface area (TPSA) is 20.3 Å². The average molecular weight is 302 g/mol. The van der Waals surface area contributed by atoms with Crippen LogP contribution in [0.5, 0.6) is 0 Å². The van der Waals surface area contributed by atoms with Gasteiger partial charge in [0.25, 0.3) is 0 Å². The molecule has 1 aliphatic heterocycles. The first-order valence-electron chi connectivity index (χ1n) is 6.90. The van der Waals surface area contributed by atoms with Gasteiger partial charge in [0, 0.05) is 24.8 Å². The number of hydrogen-bond acceptors (Lipinski definition) is 1. The molecule has 3 heteroatoms. The van der Waals surface area contributed by atoms with Crippen molar-refractivity contribution < 1.29 is 4.79 Å². The molecule has 1 amide bonds. The molecule has 0 aromatic heterocycles. The Hall–Kier alpha value is -0.0500. The van der Waals surface area contributed by atoms with Crippen molar-refractivity contribution in [2.45, 2.75) is 46.0 Å². The molecule has 0 radical (unpaired) electrons. The number of nitrogens with zero attached hydrogens (tertiary/aromatic N) is 1. The summed E-state index contributed by atoms with van der Waals surface area (Å²) in [6, 6.07) is 0. The molecule has 0 N–H and O–H groups in total. The third-order valence-corrected chi connectivity index (χ3v) is 5.75. The second-order valence-electron chi connectivity index (χ2n) is 6.28. The highest BCUT2D eigenvalue weighted by atomic mass is 79.9. The molecule has 1 saturated heterocycles. The first-order valence-corrected chi connectivity index (χ1v) is 8.02. The molecule has 17 heavy (non-hydrogen) atoms. The van der Waals surface area contributed by atoms with Crippen molar-refractivity contribution in [3.05, 3.63) is 0 Å². The molecule has 2 nitrogen and oxygen atoms in total. The zero-order chi connectivity index (χ0) is 12.5. The minimum Gasteiger partial charge on any atom is -0.342 e. The van der Waals surface area contributed by atoms with E-state index in [1.54, 1.807) is 0 Å². The average Bonchev–Trinajstić information content (AvgIpc) is 3.08. The van der Waals surface area contributed by atoms with E-state index in [1.165, 1.54) is 19.3 Å². The van der Waals surface area contributed by atoms with Gasteiger partial charge in [0.05, 0.1) is 0 Å². The van der Waals surface area contributed by atoms with Crippen molar-refractivity contribution in [1.29, 1.82) is 0 Å². The van der Waals surface area contributed by atoms with Crippen LogP contribution in [0.1, 0.15) is 46.0 Å². The van der Waals surface area contributed by atoms with Crippen LogP contribution in [0.15, 0.2) is 0 Å². The van der Waals surface area contributed by atoms with Crippen LogP contribution in [0.2, 0.25) is 0 Å². The first-order chi connectivity index (χ1) is 8.06. The van der Waals surface area contributed by atoms with Gasteiger partial charge in [-0.15, -0.1) is 0 Å². The molecule has 1 unspecified atom stereocenters. The summed E-state index contributed by atoms with van der Waals surface area (Å²) in [6.07, 6.45) is 5.63. The number of amides is 1. The number of halogens is 1. The van der Waals surface area contributed by atoms with Gasteiger partial charge in [-0.2, -0.15) is 0 Å². The number of carbonyl (C=O) groups excluding carboxylic acids is 1. The van der Waals surface area contributed by atoms with Crippen molar-refractivity contribution in [3.63, 3.8) is 0 Å². The maximum absolute atomic E-state index is 12.1. The molecule has 1 atom stereocenters. The van der Waals surface area contributed by atoms with Crippen molar-refractivity contribution in [2.24, 2.45) is 17.3 Å². The zero-order valence-electron chi connectivity index (χ0n) is 11.0. The van der Waals surface area contributed by atoms with Gasteiger partial charge in [-0.1, -0.05) is 29.8 Å². The van der Waals surface area contributed by atoms with Crippen LogP contribution in [-0.4, -0.2) is 29.2 Å². The summed E-state index contributed by atoms with van der Waals surface area (Å²) in [4.78, 5) is 14.3. The number of hydrogen-bond donors (Lipinski definition) is 0. The summed E-state index contributed by atoms with van der Waals surface area (Å²) in [5.41, 5.74) is 0.424. The third kappa shape index (κ3) is 3.24. The summed E-state index contributed by atoms with van der Waals surface area (Å²) >= 11 is 3.60. The number of carbonyl (C=O) groups is 1. The molecule has 98 valence electrons. The quantitative estimate of drug-likeness (QED) is 0.728. The highest BCUT2D eigenvalue weighted by Crippen LogP contribution is 2.48. The van der Waals surface area contributed by atoms with Crippen LogP contribution in [0.25, 0.3) is 0 Å². The summed E-state index contributed by atoms with van der Waals surface area (Å²) in [5, 5.41) is 1.05. The fourth-order valence-electron chi connectivity index (χ4n) is 2.81. The Morgan fingerprint density at radius 3 is 2.65 bits per heavy atom. The zero-order valence-corrected chi connectivity index (χ0v) is 12.6. The van der Waals surface area contributed by atoms with Gasteiger partial charge < -0.3 is 4.90 Å². The number of likely N-dealkylation sites (tertiary alicyclic amines) is 1. The Morgan fingerprint density at radius 2 is 2.12 bits per heavy atom. The van der Waals surface area contributed by atoms with Crippen molar-refractivity contribution >= 4 is 21.8 Å². The fourth-order valence-corrected chi connectivity index (χ4v) is 3.55. The standard InChI is InChI=1S/C14H24BrNO/c1-11(2)12-3-4-13(17)16(8-5-12)10-14(9-15)6-7-14/h11-12H,3-10H2,1-2H3. The minimum absolute atomic E-state index is 0.389. The molecular weight excluding hydrogens is 278 g/mol. The van der Waals surface area contributed by atoms with E-state index in [0.717, 1.165) is 37.2 Å². The van der Waals surface area contributed by atoms with Gasteiger partial charge in [-0.25, -0.2) is 0 Å². The molecule has 1 heterocycles. The van der Waals surface area contributed by atoms with Crippen molar-refractivity contribution in [2.75, 3.05) is 18.4 Å². The van der Waals surface area contributed by atoms with E-state index in [4.69, 9.17) is 0 Å². The Bertz CT molecular complexity index is 286. The Morgan fingerprint density at radius 1 is 1.41 bits per heavy atom. The van der Waals surface area contributed by atoms with Crippen LogP contribution in [0.4, 0.5) is 0 Å². The van der Waals surface area contributed by atoms with Gasteiger partial charge in [-0.3, -0.25) is 4.79 Å². The van der Waals surface area contributed by atoms with Crippen LogP contribution >= 0.6 is 15.9 Å². The second kappa shape index (κ2) is 5.29. The van der Waals surface area contributed by atoms with Gasteiger partial charge >= 0.3 is 0 Å². The van der Waals surface area contributed by atoms with E-state index in [9.17, 15) is 4.79 Å². The molecule has 2 aliphatic rings. The third-order valence-electron chi connectivity index (χ3n) is 4.56. The molecule has 2 rings (SSSR count). The predicted octanol–water partition coefficient (Wildman–Crippen LogP) is 3.45. The molecule has 2 fully saturated rings. The lowest BCUT2D eigenvalue weighted by molar-refractivity contribution is -0.131. The SMILES string of the molecule is CC(C)C1CCC(=O)N(CC2(CBr)CC2)CC1. The van der Waals surface area contributed by atoms with Crippen LogP contribution < -0.4 is 0 Å². The first kappa shape index (κ1) is 13.4. The smallest absolute Gasteiger partial charge is 0.222 e. The van der Waals surface area contributed by atoms with Crippen molar-refractivity contribution in [1.82, 2.24) is 4.90 Å². The molecule has 1 aliphatic carbocycles. The Kier molecular flexibility index (Phi) is 4.17. The summed E-state index contributed by atoms with van der Waals surface area (Å²) in [5.74, 6) is 1.84. The fraction of sp³-hybridized carbons (Fsp3) is 0.929. The lowest BCUT2D eigenvalue weighted by atomic mass is 9.89. The molecule has 0 aromatic carbocycles. The minimum atomic E-state index is 0.389. The van der Waals surface area contributed by atoms with Gasteiger partial charge in [0.2, 0.25) is 5.91 Å². The Labute approximate surface area is 113 Å². The maximum Gasteiger partial charge on any atom is 0.222 e. The summed E-state index contributed by atoms with van der Waals surface area (Å²) in [6.45, 7) is 6.54. The van der Waals surface area contributed by atoms with Gasteiger partial charge in [0.15, 0.2) is 0 Å². The number of rotatable bonds is 4. The highest BCUT2D eigenvalue weighted by Gasteiger charge is 2.44. The van der Waals surface area contributed by atoms with E-state index in [-0.39, 0.29) is 0 Å². The van der Waals surface area contributed by atoms with Crippen molar-refractivity contribution in [3.8, 4) is 0 Å². The van der Waals surface area contributed by atoms with E-state index in [2.05, 4.69) is 34.7 Å². The highest BCUT2D eigenvalue weighted by molar-refractivity contribution is 9.09. The monoisotopic (exact) mass is 301 g/mol. The number of alkyl halides is 1. The van der Waals surface area contributed by atoms with Gasteiger partial charge in [0.1, 0.15) is 0 Å². The summed E-state index contributed by atoms with van der Waals surface area (Å²) < 4.78 is 0. The van der Waals surface area contributed by atoms with E-state index in [0.29, 0.717) is 17.2 Å². The van der Waals surface area contributed by atoms with Crippen LogP contribution in [0.3, 0.4) is 0 Å². The predicted molar refractivity (Wildman–Crippen MR) is 74.2 cm³/mol. The van der Waals surface area contributed by atoms with E-state index in [1.807, 2.05) is 0 Å². The maximum atomic E-state index is 12.1. The molecule has 0 bridgehead atoms. The van der Waals surface area contributed by atoms with Crippen LogP contribution in [-0.2, 0) is 4.79 Å². The molecule has 0 spiro atoms. The molecule has 0 aromatic rings. The second-order valence-corrected chi connectivity index (χ2v) is 6.84. The Balaban J connectivity index is 1.92. The largest absolute Gasteiger partial charge is 0.342 e. The van der Waals surface area contributed by atoms with E-state index < -0.39 is 0 Å². The molecular formula is C14H24BrNO. The van der Waals surface area contributed by atoms with Crippen LogP contribution in [0, 0.1) is 17.3 Å². The van der Waals surface area contributed by atoms with E-state index >= 15 is 0 Å². The lowest BCUT2D eigenvalue weighted by Gasteiger charge is -2.26. The van der Waals surface area contributed by atoms with Gasteiger partial charge in [-0.05, 0) is 42.9 Å². The normalized spacial score (nSPS) is 28.4.